The number of anilines is 1. The summed E-state index contributed by atoms with van der Waals surface area (Å²) in [5.74, 6) is 0.157. The van der Waals surface area contributed by atoms with E-state index in [1.165, 1.54) is 25.3 Å². The lowest BCUT2D eigenvalue weighted by Crippen LogP contribution is -2.52. The predicted molar refractivity (Wildman–Crippen MR) is 107 cm³/mol. The summed E-state index contributed by atoms with van der Waals surface area (Å²) >= 11 is 0. The SMILES string of the molecule is COc1ccccc1C(Nc1cccc2nc(C)ccc12)C(O)(CC#N)C(F)(F)F. The Bertz CT molecular complexity index is 1090. The lowest BCUT2D eigenvalue weighted by atomic mass is 9.84. The molecule has 5 nitrogen and oxygen atoms in total. The van der Waals surface area contributed by atoms with Crippen molar-refractivity contribution in [1.29, 1.82) is 5.26 Å². The summed E-state index contributed by atoms with van der Waals surface area (Å²) in [5, 5.41) is 23.3. The van der Waals surface area contributed by atoms with Gasteiger partial charge in [-0.1, -0.05) is 24.3 Å². The number of pyridine rings is 1. The Kier molecular flexibility index (Phi) is 5.85. The van der Waals surface area contributed by atoms with Crippen LogP contribution < -0.4 is 10.1 Å². The highest BCUT2D eigenvalue weighted by molar-refractivity contribution is 5.91. The first-order valence-corrected chi connectivity index (χ1v) is 9.13. The van der Waals surface area contributed by atoms with E-state index in [2.05, 4.69) is 10.3 Å². The minimum atomic E-state index is -5.08. The maximum atomic E-state index is 14.0. The molecule has 0 saturated carbocycles. The van der Waals surface area contributed by atoms with Crippen molar-refractivity contribution in [3.05, 3.63) is 65.9 Å². The molecule has 3 aromatic rings. The van der Waals surface area contributed by atoms with Crippen LogP contribution in [0.4, 0.5) is 18.9 Å². The van der Waals surface area contributed by atoms with E-state index in [0.29, 0.717) is 16.6 Å². The smallest absolute Gasteiger partial charge is 0.420 e. The topological polar surface area (TPSA) is 78.2 Å². The Hall–Kier alpha value is -3.31. The number of fused-ring (bicyclic) bond motifs is 1. The van der Waals surface area contributed by atoms with Crippen molar-refractivity contribution in [2.24, 2.45) is 0 Å². The lowest BCUT2D eigenvalue weighted by molar-refractivity contribution is -0.264. The standard InChI is InChI=1S/C22H20F3N3O2/c1-14-10-11-15-17(27-14)7-5-8-18(15)28-20(16-6-3-4-9-19(16)30-2)21(29,12-13-26)22(23,24)25/h3-11,20,28-29H,12H2,1-2H3. The molecular formula is C22H20F3N3O2. The number of methoxy groups -OCH3 is 1. The summed E-state index contributed by atoms with van der Waals surface area (Å²) in [6, 6.07) is 14.4. The van der Waals surface area contributed by atoms with Gasteiger partial charge in [0.15, 0.2) is 5.60 Å². The fourth-order valence-corrected chi connectivity index (χ4v) is 3.38. The Morgan fingerprint density at radius 3 is 2.53 bits per heavy atom. The highest BCUT2D eigenvalue weighted by Gasteiger charge is 2.59. The highest BCUT2D eigenvalue weighted by Crippen LogP contribution is 2.46. The zero-order chi connectivity index (χ0) is 21.9. The Labute approximate surface area is 171 Å². The molecule has 0 fully saturated rings. The van der Waals surface area contributed by atoms with E-state index in [-0.39, 0.29) is 11.3 Å². The molecule has 0 aliphatic rings. The van der Waals surface area contributed by atoms with Gasteiger partial charge in [0, 0.05) is 22.3 Å². The van der Waals surface area contributed by atoms with E-state index >= 15 is 0 Å². The monoisotopic (exact) mass is 415 g/mol. The first-order valence-electron chi connectivity index (χ1n) is 9.13. The molecule has 2 atom stereocenters. The van der Waals surface area contributed by atoms with Crippen molar-refractivity contribution in [3.63, 3.8) is 0 Å². The zero-order valence-electron chi connectivity index (χ0n) is 16.4. The number of rotatable bonds is 6. The van der Waals surface area contributed by atoms with E-state index in [4.69, 9.17) is 10.00 Å². The number of hydrogen-bond acceptors (Lipinski definition) is 5. The van der Waals surface area contributed by atoms with Crippen LogP contribution in [0.25, 0.3) is 10.9 Å². The van der Waals surface area contributed by atoms with Gasteiger partial charge in [-0.2, -0.15) is 18.4 Å². The number of benzene rings is 2. The van der Waals surface area contributed by atoms with Crippen LogP contribution in [0, 0.1) is 18.3 Å². The first kappa shape index (κ1) is 21.4. The Morgan fingerprint density at radius 2 is 1.87 bits per heavy atom. The molecule has 3 rings (SSSR count). The third-order valence-electron chi connectivity index (χ3n) is 4.94. The second-order valence-electron chi connectivity index (χ2n) is 6.90. The van der Waals surface area contributed by atoms with Gasteiger partial charge < -0.3 is 15.2 Å². The molecule has 2 aromatic carbocycles. The van der Waals surface area contributed by atoms with Gasteiger partial charge in [0.1, 0.15) is 5.75 Å². The van der Waals surface area contributed by atoms with Crippen LogP contribution in [-0.2, 0) is 0 Å². The minimum Gasteiger partial charge on any atom is -0.496 e. The third-order valence-corrected chi connectivity index (χ3v) is 4.94. The van der Waals surface area contributed by atoms with Crippen molar-refractivity contribution in [2.45, 2.75) is 31.2 Å². The molecule has 156 valence electrons. The normalized spacial score (nSPS) is 14.6. The second kappa shape index (κ2) is 8.20. The van der Waals surface area contributed by atoms with Gasteiger partial charge in [-0.15, -0.1) is 0 Å². The molecule has 0 aliphatic carbocycles. The lowest BCUT2D eigenvalue weighted by Gasteiger charge is -2.38. The van der Waals surface area contributed by atoms with Crippen LogP contribution in [0.1, 0.15) is 23.7 Å². The van der Waals surface area contributed by atoms with Gasteiger partial charge in [0.25, 0.3) is 0 Å². The molecule has 0 spiro atoms. The summed E-state index contributed by atoms with van der Waals surface area (Å²) < 4.78 is 47.4. The Morgan fingerprint density at radius 1 is 1.13 bits per heavy atom. The predicted octanol–water partition coefficient (Wildman–Crippen LogP) is 4.91. The van der Waals surface area contributed by atoms with Gasteiger partial charge >= 0.3 is 6.18 Å². The largest absolute Gasteiger partial charge is 0.496 e. The molecule has 0 bridgehead atoms. The molecule has 1 aromatic heterocycles. The summed E-state index contributed by atoms with van der Waals surface area (Å²) in [7, 11) is 1.33. The molecule has 0 aliphatic heterocycles. The quantitative estimate of drug-likeness (QED) is 0.598. The van der Waals surface area contributed by atoms with E-state index in [1.54, 1.807) is 42.5 Å². The van der Waals surface area contributed by atoms with Gasteiger partial charge in [-0.3, -0.25) is 4.98 Å². The van der Waals surface area contributed by atoms with E-state index < -0.39 is 24.2 Å². The number of nitrogens with zero attached hydrogens (tertiary/aromatic N) is 2. The summed E-state index contributed by atoms with van der Waals surface area (Å²) in [6.45, 7) is 1.81. The van der Waals surface area contributed by atoms with Crippen LogP contribution in [0.15, 0.2) is 54.6 Å². The molecule has 0 saturated heterocycles. The van der Waals surface area contributed by atoms with Crippen molar-refractivity contribution < 1.29 is 23.0 Å². The van der Waals surface area contributed by atoms with E-state index in [9.17, 15) is 18.3 Å². The fraction of sp³-hybridized carbons (Fsp3) is 0.273. The molecule has 0 amide bonds. The van der Waals surface area contributed by atoms with Crippen LogP contribution >= 0.6 is 0 Å². The van der Waals surface area contributed by atoms with E-state index in [0.717, 1.165) is 5.69 Å². The number of aromatic nitrogens is 1. The van der Waals surface area contributed by atoms with Gasteiger partial charge in [0.2, 0.25) is 0 Å². The van der Waals surface area contributed by atoms with Crippen LogP contribution in [0.3, 0.4) is 0 Å². The maximum absolute atomic E-state index is 14.0. The Balaban J connectivity index is 2.22. The minimum absolute atomic E-state index is 0.0761. The fourth-order valence-electron chi connectivity index (χ4n) is 3.38. The van der Waals surface area contributed by atoms with Crippen LogP contribution in [0.2, 0.25) is 0 Å². The molecule has 30 heavy (non-hydrogen) atoms. The van der Waals surface area contributed by atoms with Gasteiger partial charge in [0.05, 0.1) is 31.2 Å². The number of aliphatic hydroxyl groups is 1. The molecular weight excluding hydrogens is 395 g/mol. The molecule has 1 heterocycles. The highest BCUT2D eigenvalue weighted by atomic mass is 19.4. The van der Waals surface area contributed by atoms with Gasteiger partial charge in [-0.25, -0.2) is 0 Å². The molecule has 0 radical (unpaired) electrons. The zero-order valence-corrected chi connectivity index (χ0v) is 16.4. The summed E-state index contributed by atoms with van der Waals surface area (Å²) in [6.07, 6.45) is -6.24. The average molecular weight is 415 g/mol. The number of ether oxygens (including phenoxy) is 1. The second-order valence-corrected chi connectivity index (χ2v) is 6.90. The van der Waals surface area contributed by atoms with Crippen molar-refractivity contribution in [1.82, 2.24) is 4.98 Å². The van der Waals surface area contributed by atoms with E-state index in [1.807, 2.05) is 6.92 Å². The number of aryl methyl sites for hydroxylation is 1. The average Bonchev–Trinajstić information content (AvgIpc) is 2.71. The first-order chi connectivity index (χ1) is 14.2. The van der Waals surface area contributed by atoms with Gasteiger partial charge in [-0.05, 0) is 37.3 Å². The van der Waals surface area contributed by atoms with Crippen molar-refractivity contribution in [2.75, 3.05) is 12.4 Å². The summed E-state index contributed by atoms with van der Waals surface area (Å²) in [4.78, 5) is 4.40. The van der Waals surface area contributed by atoms with Crippen LogP contribution in [-0.4, -0.2) is 29.0 Å². The van der Waals surface area contributed by atoms with Crippen LogP contribution in [0.5, 0.6) is 5.75 Å². The number of hydrogen-bond donors (Lipinski definition) is 2. The molecule has 2 N–H and O–H groups in total. The number of nitriles is 1. The molecule has 2 unspecified atom stereocenters. The number of para-hydroxylation sites is 1. The third kappa shape index (κ3) is 3.89. The van der Waals surface area contributed by atoms with Crippen molar-refractivity contribution in [3.8, 4) is 11.8 Å². The van der Waals surface area contributed by atoms with Crippen molar-refractivity contribution >= 4 is 16.6 Å². The number of alkyl halides is 3. The summed E-state index contributed by atoms with van der Waals surface area (Å²) in [5.41, 5.74) is -1.59. The maximum Gasteiger partial charge on any atom is 0.420 e. The number of nitrogens with one attached hydrogen (secondary N) is 1. The molecule has 8 heteroatoms. The number of halogens is 3.